The monoisotopic (exact) mass is 843 g/mol. The van der Waals surface area contributed by atoms with E-state index in [9.17, 15) is 28.8 Å². The summed E-state index contributed by atoms with van der Waals surface area (Å²) in [6, 6.07) is 13.5. The Hall–Kier alpha value is -5.93. The highest BCUT2D eigenvalue weighted by Crippen LogP contribution is 2.41. The normalized spacial score (nSPS) is 17.9. The average molecular weight is 843 g/mol. The minimum atomic E-state index is -1.22. The van der Waals surface area contributed by atoms with Gasteiger partial charge in [-0.25, -0.2) is 0 Å². The molecular formula is C45H66N10O6. The number of rotatable bonds is 22. The summed E-state index contributed by atoms with van der Waals surface area (Å²) in [6.45, 7) is 8.24. The van der Waals surface area contributed by atoms with Crippen LogP contribution in [0, 0.1) is 11.3 Å². The maximum absolute atomic E-state index is 14.6. The highest BCUT2D eigenvalue weighted by atomic mass is 16.2. The molecule has 61 heavy (non-hydrogen) atoms. The van der Waals surface area contributed by atoms with Gasteiger partial charge in [0.25, 0.3) is 0 Å². The van der Waals surface area contributed by atoms with Gasteiger partial charge in [0, 0.05) is 36.5 Å². The molecule has 0 radical (unpaired) electrons. The molecule has 1 aliphatic rings. The number of H-pyrrole nitrogens is 1. The molecular weight excluding hydrogens is 777 g/mol. The standard InChI is InChI=1S/C45H66N10O6/c1-5-6-18-38(57)55-45(23-21-31(22-24-45)44(2,3)4)42(61)54-35(20-19-29-13-8-7-9-14-29)41(60)52-34(17-12-25-49-43(47)48)40(59)53-36(39(58)51-28-37(46)56)26-30-27-50-33-16-11-10-15-32(30)33/h7-11,13-16,27,31,34-36,50H,5-6,12,17-26,28H2,1-4H3,(H2,46,56)(H,51,58)(H,52,60)(H,53,59)(H,54,61)(H,55,57)(H4,47,48,49)/t31?,34-,35+,36-,45?/m0/s1. The van der Waals surface area contributed by atoms with Crippen molar-refractivity contribution in [2.45, 2.75) is 128 Å². The number of nitrogens with zero attached hydrogens (tertiary/aromatic N) is 1. The average Bonchev–Trinajstić information content (AvgIpc) is 3.63. The van der Waals surface area contributed by atoms with Gasteiger partial charge in [-0.2, -0.15) is 0 Å². The van der Waals surface area contributed by atoms with Gasteiger partial charge in [0.15, 0.2) is 5.96 Å². The third-order valence-corrected chi connectivity index (χ3v) is 11.6. The van der Waals surface area contributed by atoms with Crippen LogP contribution in [-0.4, -0.2) is 83.1 Å². The lowest BCUT2D eigenvalue weighted by Crippen LogP contribution is -2.64. The molecule has 0 saturated heterocycles. The largest absolute Gasteiger partial charge is 0.370 e. The van der Waals surface area contributed by atoms with Gasteiger partial charge >= 0.3 is 0 Å². The number of carbonyl (C=O) groups excluding carboxylic acids is 6. The Labute approximate surface area is 358 Å². The Kier molecular flexibility index (Phi) is 17.7. The summed E-state index contributed by atoms with van der Waals surface area (Å²) in [5.74, 6) is -3.15. The predicted octanol–water partition coefficient (Wildman–Crippen LogP) is 2.73. The van der Waals surface area contributed by atoms with Crippen molar-refractivity contribution in [2.24, 2.45) is 33.5 Å². The van der Waals surface area contributed by atoms with Crippen molar-refractivity contribution in [3.05, 3.63) is 71.9 Å². The zero-order chi connectivity index (χ0) is 44.6. The fourth-order valence-corrected chi connectivity index (χ4v) is 7.92. The second-order valence-electron chi connectivity index (χ2n) is 17.2. The number of nitrogens with two attached hydrogens (primary N) is 3. The number of hydrogen-bond donors (Lipinski definition) is 9. The van der Waals surface area contributed by atoms with E-state index in [0.29, 0.717) is 31.6 Å². The molecule has 4 rings (SSSR count). The van der Waals surface area contributed by atoms with Crippen LogP contribution in [0.5, 0.6) is 0 Å². The topological polar surface area (TPSA) is 269 Å². The zero-order valence-electron chi connectivity index (χ0n) is 36.1. The van der Waals surface area contributed by atoms with Gasteiger partial charge in [0.2, 0.25) is 35.4 Å². The van der Waals surface area contributed by atoms with E-state index >= 15 is 0 Å². The molecule has 3 aromatic rings. The summed E-state index contributed by atoms with van der Waals surface area (Å²) in [7, 11) is 0. The molecule has 1 aromatic heterocycles. The number of aromatic nitrogens is 1. The molecule has 0 aliphatic heterocycles. The second kappa shape index (κ2) is 22.6. The molecule has 3 atom stereocenters. The minimum Gasteiger partial charge on any atom is -0.370 e. The van der Waals surface area contributed by atoms with E-state index in [-0.39, 0.29) is 55.9 Å². The van der Waals surface area contributed by atoms with E-state index in [0.717, 1.165) is 41.3 Å². The van der Waals surface area contributed by atoms with Crippen molar-refractivity contribution in [2.75, 3.05) is 13.1 Å². The number of fused-ring (bicyclic) bond motifs is 1. The van der Waals surface area contributed by atoms with Crippen LogP contribution < -0.4 is 43.8 Å². The van der Waals surface area contributed by atoms with Crippen molar-refractivity contribution < 1.29 is 28.8 Å². The molecule has 0 unspecified atom stereocenters. The van der Waals surface area contributed by atoms with E-state index in [2.05, 4.69) is 57.3 Å². The van der Waals surface area contributed by atoms with E-state index in [1.165, 1.54) is 0 Å². The number of aromatic amines is 1. The maximum atomic E-state index is 14.6. The molecule has 1 fully saturated rings. The van der Waals surface area contributed by atoms with Crippen molar-refractivity contribution in [1.29, 1.82) is 0 Å². The first-order valence-electron chi connectivity index (χ1n) is 21.4. The Morgan fingerprint density at radius 1 is 0.820 bits per heavy atom. The predicted molar refractivity (Wildman–Crippen MR) is 236 cm³/mol. The Bertz CT molecular complexity index is 1980. The summed E-state index contributed by atoms with van der Waals surface area (Å²) < 4.78 is 0. The number of hydrogen-bond acceptors (Lipinski definition) is 7. The van der Waals surface area contributed by atoms with Crippen LogP contribution in [0.3, 0.4) is 0 Å². The second-order valence-corrected chi connectivity index (χ2v) is 17.2. The summed E-state index contributed by atoms with van der Waals surface area (Å²) in [4.78, 5) is 88.9. The van der Waals surface area contributed by atoms with Crippen LogP contribution in [0.4, 0.5) is 0 Å². The summed E-state index contributed by atoms with van der Waals surface area (Å²) in [5, 5.41) is 15.1. The number of guanidine groups is 1. The van der Waals surface area contributed by atoms with Gasteiger partial charge in [0.05, 0.1) is 6.54 Å². The number of para-hydroxylation sites is 1. The quantitative estimate of drug-likeness (QED) is 0.0412. The molecule has 16 heteroatoms. The first kappa shape index (κ1) is 47.7. The molecule has 16 nitrogen and oxygen atoms in total. The Morgan fingerprint density at radius 2 is 1.46 bits per heavy atom. The zero-order valence-corrected chi connectivity index (χ0v) is 36.1. The Morgan fingerprint density at radius 3 is 2.10 bits per heavy atom. The van der Waals surface area contributed by atoms with Crippen LogP contribution in [0.25, 0.3) is 10.9 Å². The molecule has 1 aliphatic carbocycles. The van der Waals surface area contributed by atoms with Crippen molar-refractivity contribution in [1.82, 2.24) is 31.6 Å². The first-order valence-corrected chi connectivity index (χ1v) is 21.4. The molecule has 0 bridgehead atoms. The minimum absolute atomic E-state index is 0.0146. The number of benzene rings is 2. The molecule has 0 spiro atoms. The molecule has 12 N–H and O–H groups in total. The van der Waals surface area contributed by atoms with Crippen LogP contribution >= 0.6 is 0 Å². The highest BCUT2D eigenvalue weighted by Gasteiger charge is 2.46. The summed E-state index contributed by atoms with van der Waals surface area (Å²) in [5.41, 5.74) is 17.7. The van der Waals surface area contributed by atoms with Gasteiger partial charge in [-0.3, -0.25) is 33.8 Å². The van der Waals surface area contributed by atoms with Crippen LogP contribution in [0.2, 0.25) is 0 Å². The highest BCUT2D eigenvalue weighted by molar-refractivity contribution is 5.97. The van der Waals surface area contributed by atoms with Crippen molar-refractivity contribution in [3.63, 3.8) is 0 Å². The van der Waals surface area contributed by atoms with E-state index in [1.807, 2.05) is 61.5 Å². The van der Waals surface area contributed by atoms with Gasteiger partial charge in [0.1, 0.15) is 23.7 Å². The van der Waals surface area contributed by atoms with Crippen molar-refractivity contribution in [3.8, 4) is 0 Å². The summed E-state index contributed by atoms with van der Waals surface area (Å²) >= 11 is 0. The molecule has 1 heterocycles. The maximum Gasteiger partial charge on any atom is 0.246 e. The number of amides is 6. The Balaban J connectivity index is 1.63. The van der Waals surface area contributed by atoms with Gasteiger partial charge < -0.3 is 48.8 Å². The number of aryl methyl sites for hydroxylation is 1. The lowest BCUT2D eigenvalue weighted by Gasteiger charge is -2.44. The SMILES string of the molecule is CCCCC(=O)NC1(C(=O)N[C@H](CCc2ccccc2)C(=O)N[C@@H](CCCN=C(N)N)C(=O)N[C@@H](Cc2c[nH]c3ccccc23)C(=O)NCC(N)=O)CCC(C(C)(C)C)CC1. The van der Waals surface area contributed by atoms with Gasteiger partial charge in [-0.1, -0.05) is 82.6 Å². The number of aliphatic imine (C=N–C) groups is 1. The van der Waals surface area contributed by atoms with Crippen LogP contribution in [0.15, 0.2) is 65.8 Å². The fourth-order valence-electron chi connectivity index (χ4n) is 7.92. The third kappa shape index (κ3) is 14.6. The number of primary amides is 1. The van der Waals surface area contributed by atoms with Crippen LogP contribution in [-0.2, 0) is 41.6 Å². The number of unbranched alkanes of at least 4 members (excludes halogenated alkanes) is 1. The van der Waals surface area contributed by atoms with E-state index in [4.69, 9.17) is 17.2 Å². The smallest absolute Gasteiger partial charge is 0.246 e. The third-order valence-electron chi connectivity index (χ3n) is 11.6. The molecule has 1 saturated carbocycles. The van der Waals surface area contributed by atoms with Crippen molar-refractivity contribution >= 4 is 52.3 Å². The number of nitrogens with one attached hydrogen (secondary N) is 6. The number of carbonyl (C=O) groups is 6. The van der Waals surface area contributed by atoms with E-state index < -0.39 is 59.7 Å². The molecule has 2 aromatic carbocycles. The molecule has 332 valence electrons. The first-order chi connectivity index (χ1) is 29.0. The lowest BCUT2D eigenvalue weighted by atomic mass is 9.67. The molecule has 6 amide bonds. The van der Waals surface area contributed by atoms with Crippen LogP contribution in [0.1, 0.15) is 103 Å². The van der Waals surface area contributed by atoms with E-state index in [1.54, 1.807) is 6.20 Å². The lowest BCUT2D eigenvalue weighted by molar-refractivity contribution is -0.139. The van der Waals surface area contributed by atoms with Gasteiger partial charge in [-0.05, 0) is 86.3 Å². The van der Waals surface area contributed by atoms with Gasteiger partial charge in [-0.15, -0.1) is 0 Å². The summed E-state index contributed by atoms with van der Waals surface area (Å²) in [6.07, 6.45) is 6.80. The fraction of sp³-hybridized carbons (Fsp3) is 0.533.